The maximum atomic E-state index is 13.4. The van der Waals surface area contributed by atoms with E-state index < -0.39 is 6.10 Å². The van der Waals surface area contributed by atoms with E-state index in [0.717, 1.165) is 11.1 Å². The number of nitrogens with zero attached hydrogens (tertiary/aromatic N) is 2. The molecule has 1 unspecified atom stereocenters. The monoisotopic (exact) mass is 487 g/mol. The number of phenols is 1. The SMILES string of the molecule is CON=C1C[C@@H](CC(=O)NCC(O)c2ccc(O)cc2)N(C(=O)c2ccc(-c3ccccc3)cc2)C1. The molecule has 8 heteroatoms. The first kappa shape index (κ1) is 24.9. The summed E-state index contributed by atoms with van der Waals surface area (Å²) in [6, 6.07) is 23.1. The largest absolute Gasteiger partial charge is 0.508 e. The van der Waals surface area contributed by atoms with Crippen LogP contribution in [0.1, 0.15) is 34.9 Å². The van der Waals surface area contributed by atoms with E-state index in [1.54, 1.807) is 29.2 Å². The van der Waals surface area contributed by atoms with Gasteiger partial charge in [0, 0.05) is 31.0 Å². The number of likely N-dealkylation sites (tertiary alicyclic amines) is 1. The zero-order valence-electron chi connectivity index (χ0n) is 20.0. The number of amides is 2. The lowest BCUT2D eigenvalue weighted by Crippen LogP contribution is -2.40. The average molecular weight is 488 g/mol. The van der Waals surface area contributed by atoms with E-state index in [9.17, 15) is 19.8 Å². The molecule has 1 heterocycles. The first-order valence-electron chi connectivity index (χ1n) is 11.7. The van der Waals surface area contributed by atoms with E-state index in [2.05, 4.69) is 10.5 Å². The number of hydrogen-bond acceptors (Lipinski definition) is 6. The summed E-state index contributed by atoms with van der Waals surface area (Å²) in [5.41, 5.74) is 3.88. The van der Waals surface area contributed by atoms with Crippen LogP contribution in [0.3, 0.4) is 0 Å². The van der Waals surface area contributed by atoms with Gasteiger partial charge in [-0.05, 0) is 41.0 Å². The molecule has 0 aromatic heterocycles. The van der Waals surface area contributed by atoms with Crippen LogP contribution in [0.4, 0.5) is 0 Å². The van der Waals surface area contributed by atoms with Crippen molar-refractivity contribution in [2.45, 2.75) is 25.0 Å². The lowest BCUT2D eigenvalue weighted by Gasteiger charge is -2.24. The van der Waals surface area contributed by atoms with Gasteiger partial charge in [0.1, 0.15) is 12.9 Å². The van der Waals surface area contributed by atoms with Gasteiger partial charge < -0.3 is 25.3 Å². The molecule has 0 radical (unpaired) electrons. The minimum atomic E-state index is -0.912. The number of hydrogen-bond donors (Lipinski definition) is 3. The Morgan fingerprint density at radius 2 is 1.69 bits per heavy atom. The molecule has 3 N–H and O–H groups in total. The van der Waals surface area contributed by atoms with Crippen molar-refractivity contribution in [2.24, 2.45) is 5.16 Å². The van der Waals surface area contributed by atoms with Crippen molar-refractivity contribution in [1.29, 1.82) is 0 Å². The fraction of sp³-hybridized carbons (Fsp3) is 0.250. The summed E-state index contributed by atoms with van der Waals surface area (Å²) >= 11 is 0. The molecule has 4 rings (SSSR count). The normalized spacial score (nSPS) is 17.1. The Hall–Kier alpha value is -4.17. The molecule has 1 aliphatic heterocycles. The van der Waals surface area contributed by atoms with Crippen molar-refractivity contribution in [3.63, 3.8) is 0 Å². The average Bonchev–Trinajstić information content (AvgIpc) is 3.30. The van der Waals surface area contributed by atoms with Crippen LogP contribution in [-0.4, -0.2) is 58.9 Å². The van der Waals surface area contributed by atoms with Gasteiger partial charge in [0.25, 0.3) is 5.91 Å². The second-order valence-electron chi connectivity index (χ2n) is 8.69. The maximum absolute atomic E-state index is 13.4. The topological polar surface area (TPSA) is 111 Å². The van der Waals surface area contributed by atoms with Gasteiger partial charge in [0.15, 0.2) is 0 Å². The molecule has 1 fully saturated rings. The molecule has 1 aliphatic rings. The van der Waals surface area contributed by atoms with E-state index in [1.807, 2.05) is 42.5 Å². The van der Waals surface area contributed by atoms with Gasteiger partial charge in [-0.1, -0.05) is 59.8 Å². The Labute approximate surface area is 209 Å². The fourth-order valence-electron chi connectivity index (χ4n) is 4.30. The van der Waals surface area contributed by atoms with Gasteiger partial charge in [-0.25, -0.2) is 0 Å². The molecule has 186 valence electrons. The molecule has 0 aliphatic carbocycles. The highest BCUT2D eigenvalue weighted by atomic mass is 16.6. The van der Waals surface area contributed by atoms with Crippen LogP contribution in [0.2, 0.25) is 0 Å². The third-order valence-electron chi connectivity index (χ3n) is 6.18. The number of benzene rings is 3. The lowest BCUT2D eigenvalue weighted by molar-refractivity contribution is -0.122. The predicted molar refractivity (Wildman–Crippen MR) is 136 cm³/mol. The quantitative estimate of drug-likeness (QED) is 0.421. The molecule has 0 saturated carbocycles. The summed E-state index contributed by atoms with van der Waals surface area (Å²) in [7, 11) is 1.45. The Kier molecular flexibility index (Phi) is 7.97. The number of oxime groups is 1. The smallest absolute Gasteiger partial charge is 0.254 e. The van der Waals surface area contributed by atoms with Crippen molar-refractivity contribution >= 4 is 17.5 Å². The number of aliphatic hydroxyl groups excluding tert-OH is 1. The van der Waals surface area contributed by atoms with Gasteiger partial charge in [0.2, 0.25) is 5.91 Å². The lowest BCUT2D eigenvalue weighted by atomic mass is 10.0. The van der Waals surface area contributed by atoms with Crippen molar-refractivity contribution in [3.8, 4) is 16.9 Å². The highest BCUT2D eigenvalue weighted by Gasteiger charge is 2.35. The van der Waals surface area contributed by atoms with Gasteiger partial charge in [-0.15, -0.1) is 0 Å². The second kappa shape index (κ2) is 11.5. The van der Waals surface area contributed by atoms with Crippen LogP contribution in [0.5, 0.6) is 5.75 Å². The molecule has 3 aromatic rings. The van der Waals surface area contributed by atoms with E-state index in [-0.39, 0.29) is 43.1 Å². The molecule has 36 heavy (non-hydrogen) atoms. The number of aliphatic hydroxyl groups is 1. The Morgan fingerprint density at radius 3 is 2.36 bits per heavy atom. The van der Waals surface area contributed by atoms with Gasteiger partial charge >= 0.3 is 0 Å². The minimum absolute atomic E-state index is 0.0181. The molecule has 1 saturated heterocycles. The summed E-state index contributed by atoms with van der Waals surface area (Å²) in [6.45, 7) is 0.297. The summed E-state index contributed by atoms with van der Waals surface area (Å²) < 4.78 is 0. The molecule has 3 aromatic carbocycles. The van der Waals surface area contributed by atoms with Crippen molar-refractivity contribution in [1.82, 2.24) is 10.2 Å². The molecular weight excluding hydrogens is 458 g/mol. The Morgan fingerprint density at radius 1 is 1.03 bits per heavy atom. The number of phenolic OH excluding ortho intramolecular Hbond substituents is 1. The van der Waals surface area contributed by atoms with E-state index in [1.165, 1.54) is 19.2 Å². The minimum Gasteiger partial charge on any atom is -0.508 e. The van der Waals surface area contributed by atoms with Crippen molar-refractivity contribution in [2.75, 3.05) is 20.2 Å². The zero-order valence-corrected chi connectivity index (χ0v) is 20.0. The van der Waals surface area contributed by atoms with Crippen LogP contribution >= 0.6 is 0 Å². The highest BCUT2D eigenvalue weighted by Crippen LogP contribution is 2.24. The highest BCUT2D eigenvalue weighted by molar-refractivity contribution is 6.01. The van der Waals surface area contributed by atoms with Crippen LogP contribution in [-0.2, 0) is 9.63 Å². The maximum Gasteiger partial charge on any atom is 0.254 e. The van der Waals surface area contributed by atoms with Crippen LogP contribution < -0.4 is 5.32 Å². The second-order valence-corrected chi connectivity index (χ2v) is 8.69. The first-order chi connectivity index (χ1) is 17.4. The van der Waals surface area contributed by atoms with E-state index in [0.29, 0.717) is 23.3 Å². The van der Waals surface area contributed by atoms with Crippen LogP contribution in [0.15, 0.2) is 84.0 Å². The molecule has 2 amide bonds. The molecule has 0 spiro atoms. The standard InChI is InChI=1S/C28H29N3O5/c1-36-30-23-15-24(16-27(34)29-17-26(33)21-11-13-25(32)14-12-21)31(18-23)28(35)22-9-7-20(8-10-22)19-5-3-2-4-6-19/h2-14,24,26,32-33H,15-18H2,1H3,(H,29,34)/t24-,26?/m0/s1. The van der Waals surface area contributed by atoms with Crippen molar-refractivity contribution < 1.29 is 24.6 Å². The Bertz CT molecular complexity index is 1210. The number of carbonyl (C=O) groups is 2. The predicted octanol–water partition coefficient (Wildman–Crippen LogP) is 3.52. The molecule has 8 nitrogen and oxygen atoms in total. The molecular formula is C28H29N3O5. The summed E-state index contributed by atoms with van der Waals surface area (Å²) in [4.78, 5) is 32.6. The number of rotatable bonds is 8. The van der Waals surface area contributed by atoms with Crippen molar-refractivity contribution in [3.05, 3.63) is 90.0 Å². The number of nitrogens with one attached hydrogen (secondary N) is 1. The number of carbonyl (C=O) groups excluding carboxylic acids is 2. The fourth-order valence-corrected chi connectivity index (χ4v) is 4.30. The van der Waals surface area contributed by atoms with E-state index in [4.69, 9.17) is 4.84 Å². The first-order valence-corrected chi connectivity index (χ1v) is 11.7. The summed E-state index contributed by atoms with van der Waals surface area (Å²) in [5, 5.41) is 26.5. The van der Waals surface area contributed by atoms with Gasteiger partial charge in [0.05, 0.1) is 18.4 Å². The third kappa shape index (κ3) is 6.09. The van der Waals surface area contributed by atoms with Gasteiger partial charge in [-0.3, -0.25) is 9.59 Å². The van der Waals surface area contributed by atoms with E-state index >= 15 is 0 Å². The van der Waals surface area contributed by atoms with Gasteiger partial charge in [-0.2, -0.15) is 0 Å². The molecule has 2 atom stereocenters. The Balaban J connectivity index is 1.41. The third-order valence-corrected chi connectivity index (χ3v) is 6.18. The van der Waals surface area contributed by atoms with Crippen LogP contribution in [0, 0.1) is 0 Å². The number of aromatic hydroxyl groups is 1. The summed E-state index contributed by atoms with van der Waals surface area (Å²) in [6.07, 6.45) is -0.418. The summed E-state index contributed by atoms with van der Waals surface area (Å²) in [5.74, 6) is -0.365. The molecule has 0 bridgehead atoms. The zero-order chi connectivity index (χ0) is 25.5. The van der Waals surface area contributed by atoms with Crippen LogP contribution in [0.25, 0.3) is 11.1 Å².